The van der Waals surface area contributed by atoms with E-state index < -0.39 is 0 Å². The maximum Gasteiger partial charge on any atom is 0.272 e. The van der Waals surface area contributed by atoms with Crippen molar-refractivity contribution in [1.82, 2.24) is 20.4 Å². The summed E-state index contributed by atoms with van der Waals surface area (Å²) in [4.78, 5) is 37.0. The molecule has 1 aliphatic rings. The Bertz CT molecular complexity index is 814. The van der Waals surface area contributed by atoms with Gasteiger partial charge in [-0.05, 0) is 12.5 Å². The zero-order chi connectivity index (χ0) is 16.4. The van der Waals surface area contributed by atoms with E-state index in [0.717, 1.165) is 6.42 Å². The van der Waals surface area contributed by atoms with Crippen LogP contribution in [0, 0.1) is 0 Å². The maximum atomic E-state index is 12.4. The minimum absolute atomic E-state index is 0.0109. The van der Waals surface area contributed by atoms with Crippen LogP contribution in [0.3, 0.4) is 0 Å². The molecule has 120 valence electrons. The molecule has 2 heterocycles. The second-order valence-corrected chi connectivity index (χ2v) is 5.80. The van der Waals surface area contributed by atoms with Crippen LogP contribution in [0.5, 0.6) is 0 Å². The highest BCUT2D eigenvalue weighted by atomic mass is 16.2. The lowest BCUT2D eigenvalue weighted by Gasteiger charge is -2.21. The van der Waals surface area contributed by atoms with E-state index in [0.29, 0.717) is 29.4 Å². The first-order chi connectivity index (χ1) is 11.0. The SMILES string of the molecule is CN(C[C@@H]1CCC(=O)N1)C(=O)Cc1n[nH]c(=O)c2ccccc12. The number of nitrogens with one attached hydrogen (secondary N) is 2. The quantitative estimate of drug-likeness (QED) is 0.843. The first-order valence-corrected chi connectivity index (χ1v) is 7.54. The lowest BCUT2D eigenvalue weighted by atomic mass is 10.1. The number of likely N-dealkylation sites (N-methyl/N-ethyl adjacent to an activating group) is 1. The van der Waals surface area contributed by atoms with E-state index in [2.05, 4.69) is 15.5 Å². The van der Waals surface area contributed by atoms with Crippen LogP contribution in [0.25, 0.3) is 10.8 Å². The van der Waals surface area contributed by atoms with Gasteiger partial charge in [0.1, 0.15) is 0 Å². The smallest absolute Gasteiger partial charge is 0.272 e. The molecule has 0 saturated carbocycles. The molecule has 1 aliphatic heterocycles. The number of hydrogen-bond acceptors (Lipinski definition) is 4. The van der Waals surface area contributed by atoms with Crippen molar-refractivity contribution in [3.05, 3.63) is 40.3 Å². The van der Waals surface area contributed by atoms with Crippen LogP contribution >= 0.6 is 0 Å². The first-order valence-electron chi connectivity index (χ1n) is 7.54. The molecule has 0 bridgehead atoms. The van der Waals surface area contributed by atoms with Crippen LogP contribution in [0.2, 0.25) is 0 Å². The zero-order valence-corrected chi connectivity index (χ0v) is 12.8. The Morgan fingerprint density at radius 3 is 2.74 bits per heavy atom. The van der Waals surface area contributed by atoms with E-state index in [9.17, 15) is 14.4 Å². The molecule has 0 aliphatic carbocycles. The molecule has 2 aromatic rings. The molecule has 23 heavy (non-hydrogen) atoms. The Kier molecular flexibility index (Phi) is 4.10. The van der Waals surface area contributed by atoms with Crippen LogP contribution < -0.4 is 10.9 Å². The molecule has 1 saturated heterocycles. The molecule has 0 spiro atoms. The number of amides is 2. The number of H-pyrrole nitrogens is 1. The summed E-state index contributed by atoms with van der Waals surface area (Å²) in [5.74, 6) is -0.0694. The zero-order valence-electron chi connectivity index (χ0n) is 12.8. The second kappa shape index (κ2) is 6.20. The van der Waals surface area contributed by atoms with Crippen LogP contribution in [-0.4, -0.2) is 46.5 Å². The molecule has 7 nitrogen and oxygen atoms in total. The summed E-state index contributed by atoms with van der Waals surface area (Å²) in [7, 11) is 1.71. The largest absolute Gasteiger partial charge is 0.352 e. The summed E-state index contributed by atoms with van der Waals surface area (Å²) in [6, 6.07) is 7.10. The van der Waals surface area contributed by atoms with Gasteiger partial charge in [0, 0.05) is 31.4 Å². The van der Waals surface area contributed by atoms with Crippen molar-refractivity contribution in [2.75, 3.05) is 13.6 Å². The normalized spacial score (nSPS) is 17.3. The van der Waals surface area contributed by atoms with Crippen molar-refractivity contribution >= 4 is 22.6 Å². The van der Waals surface area contributed by atoms with Crippen molar-refractivity contribution in [3.63, 3.8) is 0 Å². The number of carbonyl (C=O) groups excluding carboxylic acids is 2. The van der Waals surface area contributed by atoms with Gasteiger partial charge in [0.05, 0.1) is 17.5 Å². The van der Waals surface area contributed by atoms with Gasteiger partial charge in [-0.3, -0.25) is 14.4 Å². The van der Waals surface area contributed by atoms with E-state index in [4.69, 9.17) is 0 Å². The molecule has 2 amide bonds. The Morgan fingerprint density at radius 2 is 2.04 bits per heavy atom. The third-order valence-corrected chi connectivity index (χ3v) is 4.10. The van der Waals surface area contributed by atoms with Gasteiger partial charge in [-0.25, -0.2) is 5.10 Å². The molecule has 0 unspecified atom stereocenters. The minimum Gasteiger partial charge on any atom is -0.352 e. The average molecular weight is 314 g/mol. The second-order valence-electron chi connectivity index (χ2n) is 5.80. The molecule has 1 atom stereocenters. The highest BCUT2D eigenvalue weighted by molar-refractivity contribution is 5.88. The number of benzene rings is 1. The van der Waals surface area contributed by atoms with E-state index >= 15 is 0 Å². The van der Waals surface area contributed by atoms with E-state index in [1.54, 1.807) is 30.1 Å². The van der Waals surface area contributed by atoms with Gasteiger partial charge in [0.15, 0.2) is 0 Å². The Hall–Kier alpha value is -2.70. The number of rotatable bonds is 4. The third-order valence-electron chi connectivity index (χ3n) is 4.10. The van der Waals surface area contributed by atoms with Gasteiger partial charge in [0.2, 0.25) is 11.8 Å². The molecule has 0 radical (unpaired) electrons. The van der Waals surface area contributed by atoms with Crippen molar-refractivity contribution in [3.8, 4) is 0 Å². The summed E-state index contributed by atoms with van der Waals surface area (Å²) in [6.45, 7) is 0.478. The van der Waals surface area contributed by atoms with Gasteiger partial charge in [0.25, 0.3) is 5.56 Å². The fourth-order valence-corrected chi connectivity index (χ4v) is 2.83. The maximum absolute atomic E-state index is 12.4. The van der Waals surface area contributed by atoms with Gasteiger partial charge < -0.3 is 10.2 Å². The summed E-state index contributed by atoms with van der Waals surface area (Å²) in [6.07, 6.45) is 1.36. The lowest BCUT2D eigenvalue weighted by molar-refractivity contribution is -0.129. The molecule has 1 fully saturated rings. The number of fused-ring (bicyclic) bond motifs is 1. The van der Waals surface area contributed by atoms with Gasteiger partial charge in [-0.15, -0.1) is 0 Å². The molecule has 3 rings (SSSR count). The van der Waals surface area contributed by atoms with Gasteiger partial charge in [-0.2, -0.15) is 5.10 Å². The van der Waals surface area contributed by atoms with Crippen LogP contribution in [0.15, 0.2) is 29.1 Å². The summed E-state index contributed by atoms with van der Waals surface area (Å²) >= 11 is 0. The molecular weight excluding hydrogens is 296 g/mol. The fraction of sp³-hybridized carbons (Fsp3) is 0.375. The number of carbonyl (C=O) groups is 2. The fourth-order valence-electron chi connectivity index (χ4n) is 2.83. The Morgan fingerprint density at radius 1 is 1.30 bits per heavy atom. The first kappa shape index (κ1) is 15.2. The number of aromatic amines is 1. The van der Waals surface area contributed by atoms with Crippen LogP contribution in [0.4, 0.5) is 0 Å². The highest BCUT2D eigenvalue weighted by Crippen LogP contribution is 2.14. The monoisotopic (exact) mass is 314 g/mol. The van der Waals surface area contributed by atoms with Crippen LogP contribution in [-0.2, 0) is 16.0 Å². The van der Waals surface area contributed by atoms with Gasteiger partial charge in [-0.1, -0.05) is 18.2 Å². The lowest BCUT2D eigenvalue weighted by Crippen LogP contribution is -2.40. The predicted molar refractivity (Wildman–Crippen MR) is 84.9 cm³/mol. The predicted octanol–water partition coefficient (Wildman–Crippen LogP) is 0.203. The molecule has 1 aromatic heterocycles. The van der Waals surface area contributed by atoms with Gasteiger partial charge >= 0.3 is 0 Å². The standard InChI is InChI=1S/C16H18N4O3/c1-20(9-10-6-7-14(21)17-10)15(22)8-13-11-4-2-3-5-12(11)16(23)19-18-13/h2-5,10H,6-9H2,1H3,(H,17,21)(H,19,23)/t10-/m0/s1. The van der Waals surface area contributed by atoms with E-state index in [1.165, 1.54) is 0 Å². The minimum atomic E-state index is -0.265. The molecular formula is C16H18N4O3. The highest BCUT2D eigenvalue weighted by Gasteiger charge is 2.24. The Balaban J connectivity index is 1.74. The number of aromatic nitrogens is 2. The Labute approximate surface area is 132 Å². The van der Waals surface area contributed by atoms with Crippen LogP contribution in [0.1, 0.15) is 18.5 Å². The summed E-state index contributed by atoms with van der Waals surface area (Å²) in [5, 5.41) is 10.5. The summed E-state index contributed by atoms with van der Waals surface area (Å²) < 4.78 is 0. The van der Waals surface area contributed by atoms with Crippen molar-refractivity contribution in [2.24, 2.45) is 0 Å². The van der Waals surface area contributed by atoms with Crippen molar-refractivity contribution in [1.29, 1.82) is 0 Å². The topological polar surface area (TPSA) is 95.2 Å². The third kappa shape index (κ3) is 3.23. The summed E-state index contributed by atoms with van der Waals surface area (Å²) in [5.41, 5.74) is 0.284. The average Bonchev–Trinajstić information content (AvgIpc) is 2.95. The number of nitrogens with zero attached hydrogens (tertiary/aromatic N) is 2. The van der Waals surface area contributed by atoms with Crippen molar-refractivity contribution in [2.45, 2.75) is 25.3 Å². The molecule has 1 aromatic carbocycles. The molecule has 7 heteroatoms. The molecule has 2 N–H and O–H groups in total. The van der Waals surface area contributed by atoms with Crippen molar-refractivity contribution < 1.29 is 9.59 Å². The number of hydrogen-bond donors (Lipinski definition) is 2. The van der Waals surface area contributed by atoms with E-state index in [1.807, 2.05) is 6.07 Å². The van der Waals surface area contributed by atoms with E-state index in [-0.39, 0.29) is 29.8 Å².